The molecule has 4 rings (SSSR count). The van der Waals surface area contributed by atoms with Gasteiger partial charge in [-0.05, 0) is 41.8 Å². The van der Waals surface area contributed by atoms with Crippen LogP contribution in [0.3, 0.4) is 0 Å². The van der Waals surface area contributed by atoms with Gasteiger partial charge in [0, 0.05) is 6.54 Å². The maximum atomic E-state index is 12.8. The number of nitrogens with one attached hydrogen (secondary N) is 1. The van der Waals surface area contributed by atoms with Gasteiger partial charge in [-0.1, -0.05) is 54.6 Å². The van der Waals surface area contributed by atoms with Gasteiger partial charge in [0.15, 0.2) is 0 Å². The number of nitrogens with zero attached hydrogens (tertiary/aromatic N) is 1. The van der Waals surface area contributed by atoms with E-state index in [9.17, 15) is 27.9 Å². The number of rotatable bonds is 8. The second-order valence-corrected chi connectivity index (χ2v) is 9.21. The molecule has 168 valence electrons. The summed E-state index contributed by atoms with van der Waals surface area (Å²) in [6.45, 7) is -0.237. The summed E-state index contributed by atoms with van der Waals surface area (Å²) in [6.07, 6.45) is -0.276. The minimum atomic E-state index is -4.15. The Labute approximate surface area is 190 Å². The van der Waals surface area contributed by atoms with E-state index in [-0.39, 0.29) is 29.0 Å². The molecule has 33 heavy (non-hydrogen) atoms. The largest absolute Gasteiger partial charge is 0.480 e. The highest BCUT2D eigenvalue weighted by atomic mass is 32.2. The Balaban J connectivity index is 1.46. The quantitative estimate of drug-likeness (QED) is 0.495. The Morgan fingerprint density at radius 3 is 1.88 bits per heavy atom. The van der Waals surface area contributed by atoms with Gasteiger partial charge in [0.2, 0.25) is 10.0 Å². The van der Waals surface area contributed by atoms with Gasteiger partial charge in [-0.15, -0.1) is 0 Å². The minimum Gasteiger partial charge on any atom is -0.480 e. The fourth-order valence-corrected chi connectivity index (χ4v) is 4.87. The standard InChI is InChI=1S/C24H20N2O6S/c27-22-19-8-4-5-9-20(19)23(28)26(22)15-14-21(24(29)30)25-33(31,32)18-12-10-17(11-13-18)16-6-2-1-3-7-16/h1-13,21,25H,14-15H2,(H,29,30). The van der Waals surface area contributed by atoms with Crippen molar-refractivity contribution in [2.75, 3.05) is 6.54 Å². The number of carboxylic acid groups (broad SMARTS) is 1. The van der Waals surface area contributed by atoms with Crippen molar-refractivity contribution in [2.24, 2.45) is 0 Å². The molecule has 0 fully saturated rings. The highest BCUT2D eigenvalue weighted by molar-refractivity contribution is 7.89. The molecule has 3 aromatic rings. The molecule has 0 saturated carbocycles. The number of sulfonamides is 1. The molecule has 8 nitrogen and oxygen atoms in total. The maximum Gasteiger partial charge on any atom is 0.321 e. The smallest absolute Gasteiger partial charge is 0.321 e. The topological polar surface area (TPSA) is 121 Å². The Hall–Kier alpha value is -3.82. The van der Waals surface area contributed by atoms with Crippen LogP contribution in [0.15, 0.2) is 83.8 Å². The van der Waals surface area contributed by atoms with E-state index in [1.54, 1.807) is 24.3 Å². The molecule has 0 spiro atoms. The van der Waals surface area contributed by atoms with Crippen LogP contribution in [0.5, 0.6) is 0 Å². The Morgan fingerprint density at radius 1 is 0.818 bits per heavy atom. The number of hydrogen-bond donors (Lipinski definition) is 2. The normalized spacial score (nSPS) is 14.2. The summed E-state index contributed by atoms with van der Waals surface area (Å²) >= 11 is 0. The molecule has 0 saturated heterocycles. The highest BCUT2D eigenvalue weighted by Gasteiger charge is 2.36. The zero-order valence-corrected chi connectivity index (χ0v) is 18.2. The van der Waals surface area contributed by atoms with E-state index in [4.69, 9.17) is 0 Å². The molecule has 0 aromatic heterocycles. The zero-order chi connectivity index (χ0) is 23.6. The molecular weight excluding hydrogens is 444 g/mol. The Bertz CT molecular complexity index is 1290. The second kappa shape index (κ2) is 8.97. The van der Waals surface area contributed by atoms with Gasteiger partial charge >= 0.3 is 5.97 Å². The van der Waals surface area contributed by atoms with E-state index >= 15 is 0 Å². The van der Waals surface area contributed by atoms with Crippen LogP contribution in [0, 0.1) is 0 Å². The van der Waals surface area contributed by atoms with Gasteiger partial charge in [0.25, 0.3) is 11.8 Å². The van der Waals surface area contributed by atoms with Gasteiger partial charge in [-0.3, -0.25) is 19.3 Å². The van der Waals surface area contributed by atoms with Crippen LogP contribution >= 0.6 is 0 Å². The molecule has 0 radical (unpaired) electrons. The molecule has 1 unspecified atom stereocenters. The first kappa shape index (κ1) is 22.4. The maximum absolute atomic E-state index is 12.8. The first-order valence-electron chi connectivity index (χ1n) is 10.1. The Kier molecular flexibility index (Phi) is 6.08. The molecular formula is C24H20N2O6S. The number of benzene rings is 3. The number of fused-ring (bicyclic) bond motifs is 1. The van der Waals surface area contributed by atoms with Crippen LogP contribution < -0.4 is 4.72 Å². The zero-order valence-electron chi connectivity index (χ0n) is 17.3. The van der Waals surface area contributed by atoms with E-state index in [0.29, 0.717) is 0 Å². The summed E-state index contributed by atoms with van der Waals surface area (Å²) in [5.41, 5.74) is 2.22. The van der Waals surface area contributed by atoms with E-state index in [1.165, 1.54) is 24.3 Å². The van der Waals surface area contributed by atoms with Gasteiger partial charge in [0.1, 0.15) is 6.04 Å². The van der Waals surface area contributed by atoms with Crippen LogP contribution in [-0.2, 0) is 14.8 Å². The van der Waals surface area contributed by atoms with Crippen molar-refractivity contribution < 1.29 is 27.9 Å². The molecule has 0 aliphatic carbocycles. The number of carbonyl (C=O) groups is 3. The minimum absolute atomic E-state index is 0.0887. The number of amides is 2. The summed E-state index contributed by atoms with van der Waals surface area (Å²) in [5, 5.41) is 9.54. The molecule has 0 bridgehead atoms. The van der Waals surface area contributed by atoms with Gasteiger partial charge in [-0.25, -0.2) is 8.42 Å². The predicted octanol–water partition coefficient (Wildman–Crippen LogP) is 2.77. The lowest BCUT2D eigenvalue weighted by Gasteiger charge is -2.19. The van der Waals surface area contributed by atoms with Crippen molar-refractivity contribution in [3.63, 3.8) is 0 Å². The molecule has 1 aliphatic heterocycles. The first-order valence-corrected chi connectivity index (χ1v) is 11.6. The van der Waals surface area contributed by atoms with Gasteiger partial charge < -0.3 is 5.11 Å². The molecule has 2 N–H and O–H groups in total. The van der Waals surface area contributed by atoms with Crippen LogP contribution in [0.1, 0.15) is 27.1 Å². The monoisotopic (exact) mass is 464 g/mol. The Morgan fingerprint density at radius 2 is 1.33 bits per heavy atom. The molecule has 2 amide bonds. The van der Waals surface area contributed by atoms with E-state index in [1.807, 2.05) is 30.3 Å². The van der Waals surface area contributed by atoms with Crippen molar-refractivity contribution >= 4 is 27.8 Å². The highest BCUT2D eigenvalue weighted by Crippen LogP contribution is 2.24. The average molecular weight is 464 g/mol. The van der Waals surface area contributed by atoms with Crippen molar-refractivity contribution in [1.29, 1.82) is 0 Å². The van der Waals surface area contributed by atoms with Crippen LogP contribution in [0.4, 0.5) is 0 Å². The lowest BCUT2D eigenvalue weighted by molar-refractivity contribution is -0.139. The molecule has 1 heterocycles. The van der Waals surface area contributed by atoms with Crippen molar-refractivity contribution in [1.82, 2.24) is 9.62 Å². The fraction of sp³-hybridized carbons (Fsp3) is 0.125. The molecule has 3 aromatic carbocycles. The summed E-state index contributed by atoms with van der Waals surface area (Å²) in [5.74, 6) is -2.46. The predicted molar refractivity (Wildman–Crippen MR) is 120 cm³/mol. The molecule has 1 atom stereocenters. The van der Waals surface area contributed by atoms with Crippen molar-refractivity contribution in [3.8, 4) is 11.1 Å². The molecule has 9 heteroatoms. The third kappa shape index (κ3) is 4.55. The van der Waals surface area contributed by atoms with Crippen LogP contribution in [-0.4, -0.2) is 48.8 Å². The fourth-order valence-electron chi connectivity index (χ4n) is 3.65. The number of carboxylic acids is 1. The summed E-state index contributed by atoms with van der Waals surface area (Å²) in [7, 11) is -4.15. The second-order valence-electron chi connectivity index (χ2n) is 7.50. The summed E-state index contributed by atoms with van der Waals surface area (Å²) in [6, 6.07) is 20.2. The molecule has 1 aliphatic rings. The lowest BCUT2D eigenvalue weighted by atomic mass is 10.1. The van der Waals surface area contributed by atoms with Gasteiger partial charge in [-0.2, -0.15) is 4.72 Å². The lowest BCUT2D eigenvalue weighted by Crippen LogP contribution is -2.43. The number of hydrogen-bond acceptors (Lipinski definition) is 5. The third-order valence-electron chi connectivity index (χ3n) is 5.39. The van der Waals surface area contributed by atoms with E-state index in [2.05, 4.69) is 4.72 Å². The number of aliphatic carboxylic acids is 1. The average Bonchev–Trinajstić information content (AvgIpc) is 3.07. The number of imide groups is 1. The van der Waals surface area contributed by atoms with Gasteiger partial charge in [0.05, 0.1) is 16.0 Å². The van der Waals surface area contributed by atoms with E-state index < -0.39 is 33.8 Å². The summed E-state index contributed by atoms with van der Waals surface area (Å²) in [4.78, 5) is 37.5. The van der Waals surface area contributed by atoms with E-state index in [0.717, 1.165) is 16.0 Å². The first-order chi connectivity index (χ1) is 15.8. The van der Waals surface area contributed by atoms with Crippen molar-refractivity contribution in [3.05, 3.63) is 90.0 Å². The number of carbonyl (C=O) groups excluding carboxylic acids is 2. The van der Waals surface area contributed by atoms with Crippen molar-refractivity contribution in [2.45, 2.75) is 17.4 Å². The van der Waals surface area contributed by atoms with Crippen LogP contribution in [0.25, 0.3) is 11.1 Å². The third-order valence-corrected chi connectivity index (χ3v) is 6.87. The summed E-state index contributed by atoms with van der Waals surface area (Å²) < 4.78 is 27.7. The SMILES string of the molecule is O=C(O)C(CCN1C(=O)c2ccccc2C1=O)NS(=O)(=O)c1ccc(-c2ccccc2)cc1. The van der Waals surface area contributed by atoms with Crippen LogP contribution in [0.2, 0.25) is 0 Å².